The summed E-state index contributed by atoms with van der Waals surface area (Å²) in [4.78, 5) is 0. The van der Waals surface area contributed by atoms with E-state index in [4.69, 9.17) is 4.74 Å². The van der Waals surface area contributed by atoms with Crippen LogP contribution in [0.25, 0.3) is 0 Å². The van der Waals surface area contributed by atoms with Crippen molar-refractivity contribution in [3.63, 3.8) is 0 Å². The van der Waals surface area contributed by atoms with Crippen molar-refractivity contribution in [3.8, 4) is 0 Å². The first-order valence-electron chi connectivity index (χ1n) is 3.94. The van der Waals surface area contributed by atoms with Gasteiger partial charge in [0.2, 0.25) is 0 Å². The van der Waals surface area contributed by atoms with E-state index in [0.717, 1.165) is 0 Å². The number of hydrogen-bond acceptors (Lipinski definition) is 1. The molecular weight excluding hydrogens is 174 g/mol. The van der Waals surface area contributed by atoms with Crippen molar-refractivity contribution in [2.24, 2.45) is 0 Å². The number of halogens is 2. The average molecular weight is 185 g/mol. The van der Waals surface area contributed by atoms with Crippen LogP contribution in [0.1, 0.15) is 12.5 Å². The Balaban J connectivity index is 2.87. The zero-order valence-electron chi connectivity index (χ0n) is 7.60. The van der Waals surface area contributed by atoms with Crippen molar-refractivity contribution >= 4 is 0 Å². The standard InChI is InChI=1S/C10H11F2O/c1-7(13-2)6-8-9(11)4-3-5-10(8)12/h3-5H,6H2,1-2H3. The minimum Gasteiger partial charge on any atom is -0.375 e. The van der Waals surface area contributed by atoms with Crippen molar-refractivity contribution in [2.75, 3.05) is 7.11 Å². The van der Waals surface area contributed by atoms with E-state index in [2.05, 4.69) is 0 Å². The lowest BCUT2D eigenvalue weighted by Gasteiger charge is -2.09. The Morgan fingerprint density at radius 2 is 1.85 bits per heavy atom. The van der Waals surface area contributed by atoms with Gasteiger partial charge in [-0.2, -0.15) is 0 Å². The molecule has 0 aliphatic carbocycles. The highest BCUT2D eigenvalue weighted by molar-refractivity contribution is 5.21. The molecule has 1 rings (SSSR count). The smallest absolute Gasteiger partial charge is 0.129 e. The number of rotatable bonds is 3. The fraction of sp³-hybridized carbons (Fsp3) is 0.300. The third-order valence-electron chi connectivity index (χ3n) is 1.84. The van der Waals surface area contributed by atoms with Crippen LogP contribution in [0.3, 0.4) is 0 Å². The summed E-state index contributed by atoms with van der Waals surface area (Å²) < 4.78 is 30.9. The van der Waals surface area contributed by atoms with Crippen molar-refractivity contribution in [1.29, 1.82) is 0 Å². The van der Waals surface area contributed by atoms with Crippen molar-refractivity contribution < 1.29 is 13.5 Å². The molecule has 0 unspecified atom stereocenters. The summed E-state index contributed by atoms with van der Waals surface area (Å²) in [7, 11) is 1.48. The van der Waals surface area contributed by atoms with E-state index in [1.54, 1.807) is 6.92 Å². The molecule has 1 nitrogen and oxygen atoms in total. The van der Waals surface area contributed by atoms with Gasteiger partial charge in [-0.15, -0.1) is 0 Å². The summed E-state index contributed by atoms with van der Waals surface area (Å²) in [5.41, 5.74) is 0.0573. The van der Waals surface area contributed by atoms with Crippen LogP contribution in [0.4, 0.5) is 8.78 Å². The lowest BCUT2D eigenvalue weighted by Crippen LogP contribution is -2.03. The van der Waals surface area contributed by atoms with Crippen LogP contribution in [0.2, 0.25) is 0 Å². The van der Waals surface area contributed by atoms with E-state index in [0.29, 0.717) is 6.10 Å². The number of benzene rings is 1. The monoisotopic (exact) mass is 185 g/mol. The first-order chi connectivity index (χ1) is 6.15. The fourth-order valence-electron chi connectivity index (χ4n) is 1.02. The van der Waals surface area contributed by atoms with Crippen molar-refractivity contribution in [1.82, 2.24) is 0 Å². The van der Waals surface area contributed by atoms with Gasteiger partial charge in [0.05, 0.1) is 6.10 Å². The summed E-state index contributed by atoms with van der Waals surface area (Å²) in [6, 6.07) is 3.82. The molecule has 1 radical (unpaired) electrons. The number of methoxy groups -OCH3 is 1. The quantitative estimate of drug-likeness (QED) is 0.703. The van der Waals surface area contributed by atoms with Gasteiger partial charge < -0.3 is 4.74 Å². The maximum Gasteiger partial charge on any atom is 0.129 e. The zero-order chi connectivity index (χ0) is 9.84. The Hall–Kier alpha value is -0.960. The average Bonchev–Trinajstić information content (AvgIpc) is 2.11. The van der Waals surface area contributed by atoms with Gasteiger partial charge in [0.15, 0.2) is 0 Å². The van der Waals surface area contributed by atoms with Crippen molar-refractivity contribution in [3.05, 3.63) is 41.5 Å². The van der Waals surface area contributed by atoms with Crippen molar-refractivity contribution in [2.45, 2.75) is 13.3 Å². The van der Waals surface area contributed by atoms with Gasteiger partial charge in [-0.25, -0.2) is 8.78 Å². The predicted octanol–water partition coefficient (Wildman–Crippen LogP) is 2.71. The lowest BCUT2D eigenvalue weighted by atomic mass is 10.1. The normalized spacial score (nSPS) is 10.8. The van der Waals surface area contributed by atoms with Crippen LogP contribution >= 0.6 is 0 Å². The minimum atomic E-state index is -0.531. The lowest BCUT2D eigenvalue weighted by molar-refractivity contribution is 0.209. The molecule has 0 saturated carbocycles. The van der Waals surface area contributed by atoms with Gasteiger partial charge in [-0.05, 0) is 19.1 Å². The SMILES string of the molecule is CO[C](C)Cc1c(F)cccc1F. The first-order valence-corrected chi connectivity index (χ1v) is 3.94. The molecule has 1 aromatic carbocycles. The Kier molecular flexibility index (Phi) is 3.37. The summed E-state index contributed by atoms with van der Waals surface area (Å²) in [5, 5.41) is 0. The summed E-state index contributed by atoms with van der Waals surface area (Å²) in [6.07, 6.45) is 0.763. The first kappa shape index (κ1) is 10.1. The third-order valence-corrected chi connectivity index (χ3v) is 1.84. The van der Waals surface area contributed by atoms with Gasteiger partial charge >= 0.3 is 0 Å². The second-order valence-electron chi connectivity index (χ2n) is 2.78. The Morgan fingerprint density at radius 1 is 1.31 bits per heavy atom. The van der Waals surface area contributed by atoms with Crippen LogP contribution in [-0.2, 0) is 11.2 Å². The predicted molar refractivity (Wildman–Crippen MR) is 46.0 cm³/mol. The molecule has 0 N–H and O–H groups in total. The molecule has 0 atom stereocenters. The second-order valence-corrected chi connectivity index (χ2v) is 2.78. The highest BCUT2D eigenvalue weighted by atomic mass is 19.1. The third kappa shape index (κ3) is 2.49. The molecule has 0 heterocycles. The molecule has 71 valence electrons. The molecule has 0 aliphatic heterocycles. The van der Waals surface area contributed by atoms with Gasteiger partial charge in [0.25, 0.3) is 0 Å². The largest absolute Gasteiger partial charge is 0.375 e. The zero-order valence-corrected chi connectivity index (χ0v) is 7.60. The van der Waals surface area contributed by atoms with Gasteiger partial charge in [-0.3, -0.25) is 0 Å². The Labute approximate surface area is 76.3 Å². The summed E-state index contributed by atoms with van der Waals surface area (Å²) in [5.74, 6) is -1.06. The van der Waals surface area contributed by atoms with Gasteiger partial charge in [0.1, 0.15) is 11.6 Å². The summed E-state index contributed by atoms with van der Waals surface area (Å²) in [6.45, 7) is 1.69. The minimum absolute atomic E-state index is 0.0573. The second kappa shape index (κ2) is 4.33. The maximum absolute atomic E-state index is 13.0. The van der Waals surface area contributed by atoms with Crippen LogP contribution in [0, 0.1) is 17.7 Å². The van der Waals surface area contributed by atoms with Crippen LogP contribution < -0.4 is 0 Å². The molecule has 0 spiro atoms. The van der Waals surface area contributed by atoms with E-state index in [-0.39, 0.29) is 12.0 Å². The van der Waals surface area contributed by atoms with E-state index >= 15 is 0 Å². The number of ether oxygens (including phenoxy) is 1. The molecule has 1 aromatic rings. The molecule has 0 fully saturated rings. The topological polar surface area (TPSA) is 9.23 Å². The maximum atomic E-state index is 13.0. The molecular formula is C10H11F2O. The molecule has 0 aromatic heterocycles. The Morgan fingerprint density at radius 3 is 2.31 bits per heavy atom. The van der Waals surface area contributed by atoms with E-state index < -0.39 is 11.6 Å². The summed E-state index contributed by atoms with van der Waals surface area (Å²) >= 11 is 0. The van der Waals surface area contributed by atoms with Crippen LogP contribution in [0.5, 0.6) is 0 Å². The highest BCUT2D eigenvalue weighted by Crippen LogP contribution is 2.17. The molecule has 0 bridgehead atoms. The van der Waals surface area contributed by atoms with Gasteiger partial charge in [-0.1, -0.05) is 6.07 Å². The van der Waals surface area contributed by atoms with Crippen LogP contribution in [-0.4, -0.2) is 7.11 Å². The van der Waals surface area contributed by atoms with E-state index in [1.807, 2.05) is 0 Å². The molecule has 0 aliphatic rings. The molecule has 13 heavy (non-hydrogen) atoms. The highest BCUT2D eigenvalue weighted by Gasteiger charge is 2.12. The van der Waals surface area contributed by atoms with Crippen LogP contribution in [0.15, 0.2) is 18.2 Å². The van der Waals surface area contributed by atoms with E-state index in [1.165, 1.54) is 25.3 Å². The molecule has 0 saturated heterocycles. The Bertz CT molecular complexity index is 266. The molecule has 3 heteroatoms. The van der Waals surface area contributed by atoms with Gasteiger partial charge in [0, 0.05) is 19.1 Å². The number of hydrogen-bond donors (Lipinski definition) is 0. The van der Waals surface area contributed by atoms with E-state index in [9.17, 15) is 8.78 Å². The molecule has 0 amide bonds. The fourth-order valence-corrected chi connectivity index (χ4v) is 1.02.